The summed E-state index contributed by atoms with van der Waals surface area (Å²) in [5, 5.41) is 19.7. The van der Waals surface area contributed by atoms with Gasteiger partial charge in [0.25, 0.3) is 0 Å². The molecule has 0 fully saturated rings. The first-order chi connectivity index (χ1) is 7.18. The van der Waals surface area contributed by atoms with Crippen molar-refractivity contribution in [3.63, 3.8) is 0 Å². The van der Waals surface area contributed by atoms with Crippen LogP contribution in [0.5, 0.6) is 0 Å². The van der Waals surface area contributed by atoms with Gasteiger partial charge in [0, 0.05) is 26.2 Å². The van der Waals surface area contributed by atoms with Crippen LogP contribution in [-0.4, -0.2) is 42.7 Å². The molecular formula is C10H27N3O2. The molecule has 0 rings (SSSR count). The summed E-state index contributed by atoms with van der Waals surface area (Å²) in [7, 11) is 0. The Morgan fingerprint density at radius 2 is 1.60 bits per heavy atom. The molecule has 15 heavy (non-hydrogen) atoms. The largest absolute Gasteiger partial charge is 0.368 e. The van der Waals surface area contributed by atoms with Crippen molar-refractivity contribution in [1.82, 2.24) is 5.32 Å². The molecule has 0 aromatic rings. The average molecular weight is 221 g/mol. The maximum absolute atomic E-state index is 8.33. The predicted octanol–water partition coefficient (Wildman–Crippen LogP) is -0.629. The second-order valence-electron chi connectivity index (χ2n) is 3.30. The normalized spacial score (nSPS) is 10.0. The van der Waals surface area contributed by atoms with Crippen LogP contribution in [0.2, 0.25) is 0 Å². The molecule has 0 aliphatic heterocycles. The van der Waals surface area contributed by atoms with Crippen LogP contribution in [0.3, 0.4) is 0 Å². The van der Waals surface area contributed by atoms with Gasteiger partial charge in [-0.25, -0.2) is 0 Å². The summed E-state index contributed by atoms with van der Waals surface area (Å²) in [4.78, 5) is 0. The molecule has 0 aromatic carbocycles. The monoisotopic (exact) mass is 221 g/mol. The van der Waals surface area contributed by atoms with Crippen molar-refractivity contribution in [2.45, 2.75) is 38.9 Å². The Morgan fingerprint density at radius 1 is 1.07 bits per heavy atom. The van der Waals surface area contributed by atoms with Crippen molar-refractivity contribution in [3.8, 4) is 0 Å². The van der Waals surface area contributed by atoms with Crippen molar-refractivity contribution in [2.24, 2.45) is 11.5 Å². The fourth-order valence-electron chi connectivity index (χ4n) is 0.906. The van der Waals surface area contributed by atoms with E-state index in [0.717, 1.165) is 32.4 Å². The molecule has 0 saturated carbocycles. The standard InChI is InChI=1S/C6H14O2.C4H13N3/c1-2-3-4-5-6(7)8;5-1-3-7-4-2-6/h6-8H,2-5H2,1H3;7H,1-6H2. The van der Waals surface area contributed by atoms with E-state index in [4.69, 9.17) is 21.7 Å². The van der Waals surface area contributed by atoms with Crippen LogP contribution in [0, 0.1) is 0 Å². The van der Waals surface area contributed by atoms with Gasteiger partial charge in [0.15, 0.2) is 6.29 Å². The van der Waals surface area contributed by atoms with Gasteiger partial charge < -0.3 is 27.0 Å². The smallest absolute Gasteiger partial charge is 0.151 e. The van der Waals surface area contributed by atoms with Crippen molar-refractivity contribution in [1.29, 1.82) is 0 Å². The first kappa shape index (κ1) is 17.2. The van der Waals surface area contributed by atoms with E-state index in [1.54, 1.807) is 0 Å². The number of hydrogen-bond acceptors (Lipinski definition) is 5. The highest BCUT2D eigenvalue weighted by Crippen LogP contribution is 1.99. The quantitative estimate of drug-likeness (QED) is 0.277. The first-order valence-electron chi connectivity index (χ1n) is 5.66. The van der Waals surface area contributed by atoms with Crippen molar-refractivity contribution in [3.05, 3.63) is 0 Å². The zero-order valence-electron chi connectivity index (χ0n) is 9.78. The van der Waals surface area contributed by atoms with Crippen LogP contribution in [0.1, 0.15) is 32.6 Å². The van der Waals surface area contributed by atoms with Crippen LogP contribution >= 0.6 is 0 Å². The van der Waals surface area contributed by atoms with Gasteiger partial charge in [-0.2, -0.15) is 0 Å². The van der Waals surface area contributed by atoms with Gasteiger partial charge in [-0.3, -0.25) is 0 Å². The van der Waals surface area contributed by atoms with Crippen molar-refractivity contribution >= 4 is 0 Å². The summed E-state index contributed by atoms with van der Waals surface area (Å²) in [6.45, 7) is 5.22. The summed E-state index contributed by atoms with van der Waals surface area (Å²) >= 11 is 0. The number of unbranched alkanes of at least 4 members (excludes halogenated alkanes) is 2. The van der Waals surface area contributed by atoms with E-state index < -0.39 is 6.29 Å². The van der Waals surface area contributed by atoms with Crippen LogP contribution < -0.4 is 16.8 Å². The third-order valence-electron chi connectivity index (χ3n) is 1.71. The van der Waals surface area contributed by atoms with Gasteiger partial charge in [0.1, 0.15) is 0 Å². The molecule has 5 heteroatoms. The Morgan fingerprint density at radius 3 is 1.93 bits per heavy atom. The number of aliphatic hydroxyl groups excluding tert-OH is 1. The molecule has 5 nitrogen and oxygen atoms in total. The third kappa shape index (κ3) is 24.8. The van der Waals surface area contributed by atoms with Crippen LogP contribution in [0.4, 0.5) is 0 Å². The lowest BCUT2D eigenvalue weighted by atomic mass is 10.2. The lowest BCUT2D eigenvalue weighted by Crippen LogP contribution is -2.27. The van der Waals surface area contributed by atoms with Gasteiger partial charge in [-0.15, -0.1) is 0 Å². The predicted molar refractivity (Wildman–Crippen MR) is 63.3 cm³/mol. The zero-order chi connectivity index (χ0) is 11.9. The Kier molecular flexibility index (Phi) is 18.6. The molecule has 0 radical (unpaired) electrons. The minimum atomic E-state index is -1.10. The first-order valence-corrected chi connectivity index (χ1v) is 5.66. The highest BCUT2D eigenvalue weighted by molar-refractivity contribution is 4.45. The number of rotatable bonds is 8. The number of nitrogens with two attached hydrogens (primary N) is 2. The van der Waals surface area contributed by atoms with E-state index in [2.05, 4.69) is 12.2 Å². The molecule has 0 atom stereocenters. The van der Waals surface area contributed by atoms with Gasteiger partial charge in [0.05, 0.1) is 0 Å². The van der Waals surface area contributed by atoms with Crippen LogP contribution in [0.25, 0.3) is 0 Å². The Bertz CT molecular complexity index is 98.7. The highest BCUT2D eigenvalue weighted by atomic mass is 16.5. The molecule has 0 aliphatic carbocycles. The Labute approximate surface area is 92.8 Å². The number of aliphatic hydroxyl groups is 2. The molecule has 0 saturated heterocycles. The van der Waals surface area contributed by atoms with E-state index in [0.29, 0.717) is 19.5 Å². The molecule has 7 N–H and O–H groups in total. The van der Waals surface area contributed by atoms with Gasteiger partial charge >= 0.3 is 0 Å². The lowest BCUT2D eigenvalue weighted by molar-refractivity contribution is -0.0465. The third-order valence-corrected chi connectivity index (χ3v) is 1.71. The number of hydrogen-bond donors (Lipinski definition) is 5. The molecular weight excluding hydrogens is 194 g/mol. The van der Waals surface area contributed by atoms with E-state index >= 15 is 0 Å². The van der Waals surface area contributed by atoms with Crippen LogP contribution in [0.15, 0.2) is 0 Å². The zero-order valence-corrected chi connectivity index (χ0v) is 9.78. The Hall–Kier alpha value is -0.200. The molecule has 0 bridgehead atoms. The van der Waals surface area contributed by atoms with E-state index in [1.165, 1.54) is 0 Å². The number of nitrogens with one attached hydrogen (secondary N) is 1. The molecule has 0 heterocycles. The lowest BCUT2D eigenvalue weighted by Gasteiger charge is -1.99. The maximum atomic E-state index is 8.33. The second kappa shape index (κ2) is 16.2. The van der Waals surface area contributed by atoms with Crippen molar-refractivity contribution < 1.29 is 10.2 Å². The van der Waals surface area contributed by atoms with Crippen molar-refractivity contribution in [2.75, 3.05) is 26.2 Å². The van der Waals surface area contributed by atoms with E-state index in [9.17, 15) is 0 Å². The summed E-state index contributed by atoms with van der Waals surface area (Å²) in [5.41, 5.74) is 10.3. The molecule has 0 amide bonds. The maximum Gasteiger partial charge on any atom is 0.151 e. The Balaban J connectivity index is 0. The molecule has 94 valence electrons. The topological polar surface area (TPSA) is 105 Å². The van der Waals surface area contributed by atoms with E-state index in [1.807, 2.05) is 0 Å². The summed E-state index contributed by atoms with van der Waals surface area (Å²) in [6, 6.07) is 0. The summed E-state index contributed by atoms with van der Waals surface area (Å²) < 4.78 is 0. The fraction of sp³-hybridized carbons (Fsp3) is 1.00. The van der Waals surface area contributed by atoms with E-state index in [-0.39, 0.29) is 0 Å². The minimum absolute atomic E-state index is 0.522. The molecule has 0 unspecified atom stereocenters. The molecule has 0 aliphatic rings. The van der Waals surface area contributed by atoms with Gasteiger partial charge in [-0.05, 0) is 12.8 Å². The minimum Gasteiger partial charge on any atom is -0.368 e. The highest BCUT2D eigenvalue weighted by Gasteiger charge is 1.93. The van der Waals surface area contributed by atoms with Gasteiger partial charge in [-0.1, -0.05) is 19.8 Å². The SMILES string of the molecule is CCCCCC(O)O.NCCNCCN. The second-order valence-corrected chi connectivity index (χ2v) is 3.30. The molecule has 0 spiro atoms. The summed E-state index contributed by atoms with van der Waals surface area (Å²) in [5.74, 6) is 0. The van der Waals surface area contributed by atoms with Gasteiger partial charge in [0.2, 0.25) is 0 Å². The molecule has 0 aromatic heterocycles. The summed E-state index contributed by atoms with van der Waals surface area (Å²) in [6.07, 6.45) is 2.58. The average Bonchev–Trinajstić information content (AvgIpc) is 2.20. The van der Waals surface area contributed by atoms with Crippen LogP contribution in [-0.2, 0) is 0 Å². The fourth-order valence-corrected chi connectivity index (χ4v) is 0.906.